The van der Waals surface area contributed by atoms with E-state index in [1.165, 1.54) is 9.13 Å². The summed E-state index contributed by atoms with van der Waals surface area (Å²) in [6, 6.07) is 8.60. The molecule has 22 heavy (non-hydrogen) atoms. The monoisotopic (exact) mass is 433 g/mol. The Labute approximate surface area is 152 Å². The van der Waals surface area contributed by atoms with Crippen LogP contribution in [-0.2, 0) is 11.2 Å². The van der Waals surface area contributed by atoms with Crippen LogP contribution >= 0.6 is 34.8 Å². The summed E-state index contributed by atoms with van der Waals surface area (Å²) in [5.41, 5.74) is 1.35. The van der Waals surface area contributed by atoms with Gasteiger partial charge in [0, 0.05) is 10.1 Å². The minimum absolute atomic E-state index is 0.249. The van der Waals surface area contributed by atoms with Crippen LogP contribution < -0.4 is 5.32 Å². The maximum Gasteiger partial charge on any atom is 0.306 e. The summed E-state index contributed by atoms with van der Waals surface area (Å²) >= 11 is 7.64. The molecular formula is C17H24INO2S. The fourth-order valence-electron chi connectivity index (χ4n) is 2.12. The van der Waals surface area contributed by atoms with E-state index in [4.69, 9.17) is 17.3 Å². The topological polar surface area (TPSA) is 49.3 Å². The number of carboxylic acids is 1. The molecule has 5 heteroatoms. The molecule has 3 nitrogen and oxygen atoms in total. The maximum absolute atomic E-state index is 10.7. The zero-order chi connectivity index (χ0) is 16.4. The van der Waals surface area contributed by atoms with Crippen LogP contribution in [0.1, 0.15) is 44.6 Å². The standard InChI is InChI=1S/C17H24INO2S/c1-13(17(20)21)5-2-3-12-19-16(22)7-4-6-14-8-10-15(18)11-9-14/h8-11,13H,2-7,12H2,1H3,(H,19,22)(H,20,21)/t13-/m0/s1/i18+0. The molecular weight excluding hydrogens is 409 g/mol. The van der Waals surface area contributed by atoms with Gasteiger partial charge in [-0.1, -0.05) is 37.7 Å². The van der Waals surface area contributed by atoms with Crippen molar-refractivity contribution < 1.29 is 9.90 Å². The molecule has 0 amide bonds. The predicted octanol–water partition coefficient (Wildman–Crippen LogP) is 4.42. The molecule has 1 aromatic rings. The number of unbranched alkanes of at least 4 members (excludes halogenated alkanes) is 1. The number of halogens is 1. The second-order valence-corrected chi connectivity index (χ2v) is 7.30. The lowest BCUT2D eigenvalue weighted by Gasteiger charge is -2.09. The molecule has 0 aromatic heterocycles. The fourth-order valence-corrected chi connectivity index (χ4v) is 2.73. The molecule has 0 radical (unpaired) electrons. The van der Waals surface area contributed by atoms with Crippen molar-refractivity contribution in [2.75, 3.05) is 6.54 Å². The highest BCUT2D eigenvalue weighted by atomic mass is 127. The molecule has 2 N–H and O–H groups in total. The van der Waals surface area contributed by atoms with Gasteiger partial charge >= 0.3 is 5.97 Å². The average molecular weight is 433 g/mol. The van der Waals surface area contributed by atoms with Crippen molar-refractivity contribution in [2.24, 2.45) is 5.92 Å². The van der Waals surface area contributed by atoms with Gasteiger partial charge in [-0.3, -0.25) is 4.79 Å². The summed E-state index contributed by atoms with van der Waals surface area (Å²) in [5, 5.41) is 12.1. The molecule has 0 fully saturated rings. The van der Waals surface area contributed by atoms with Crippen molar-refractivity contribution in [3.8, 4) is 0 Å². The van der Waals surface area contributed by atoms with Gasteiger partial charge in [-0.05, 0) is 72.4 Å². The number of nitrogens with one attached hydrogen (secondary N) is 1. The summed E-state index contributed by atoms with van der Waals surface area (Å²) in [6.07, 6.45) is 5.64. The Bertz CT molecular complexity index is 476. The summed E-state index contributed by atoms with van der Waals surface area (Å²) < 4.78 is 1.26. The Morgan fingerprint density at radius 2 is 1.95 bits per heavy atom. The number of hydrogen-bond acceptors (Lipinski definition) is 2. The lowest BCUT2D eigenvalue weighted by Crippen LogP contribution is -2.22. The maximum atomic E-state index is 10.7. The number of hydrogen-bond donors (Lipinski definition) is 2. The number of carbonyl (C=O) groups is 1. The normalized spacial score (nSPS) is 11.9. The second-order valence-electron chi connectivity index (χ2n) is 5.57. The van der Waals surface area contributed by atoms with E-state index in [0.29, 0.717) is 0 Å². The largest absolute Gasteiger partial charge is 0.481 e. The van der Waals surface area contributed by atoms with Crippen LogP contribution in [0, 0.1) is 9.49 Å². The van der Waals surface area contributed by atoms with Gasteiger partial charge in [0.25, 0.3) is 0 Å². The SMILES string of the molecule is C[C@@H](CCCCNC(=S)CCCc1ccc([127I])cc1)C(=O)O. The Balaban J connectivity index is 2.04. The number of aliphatic carboxylic acids is 1. The van der Waals surface area contributed by atoms with Crippen LogP contribution in [0.5, 0.6) is 0 Å². The van der Waals surface area contributed by atoms with E-state index in [2.05, 4.69) is 52.2 Å². The van der Waals surface area contributed by atoms with E-state index in [9.17, 15) is 4.79 Å². The van der Waals surface area contributed by atoms with Gasteiger partial charge in [0.05, 0.1) is 10.9 Å². The van der Waals surface area contributed by atoms with E-state index in [-0.39, 0.29) is 5.92 Å². The molecule has 0 aliphatic rings. The number of carboxylic acid groups (broad SMARTS) is 1. The first-order chi connectivity index (χ1) is 10.5. The molecule has 0 aliphatic heterocycles. The van der Waals surface area contributed by atoms with Crippen LogP contribution in [0.25, 0.3) is 0 Å². The Hall–Kier alpha value is -0.690. The minimum Gasteiger partial charge on any atom is -0.481 e. The van der Waals surface area contributed by atoms with Gasteiger partial charge in [-0.2, -0.15) is 0 Å². The van der Waals surface area contributed by atoms with Crippen LogP contribution in [0.2, 0.25) is 0 Å². The molecule has 0 spiro atoms. The number of aryl methyl sites for hydroxylation is 1. The van der Waals surface area contributed by atoms with Crippen molar-refractivity contribution in [3.63, 3.8) is 0 Å². The smallest absolute Gasteiger partial charge is 0.306 e. The first-order valence-corrected chi connectivity index (χ1v) is 9.21. The molecule has 0 heterocycles. The van der Waals surface area contributed by atoms with Crippen molar-refractivity contribution in [3.05, 3.63) is 33.4 Å². The zero-order valence-corrected chi connectivity index (χ0v) is 16.0. The molecule has 0 saturated carbocycles. The van der Waals surface area contributed by atoms with Gasteiger partial charge in [0.1, 0.15) is 0 Å². The van der Waals surface area contributed by atoms with E-state index < -0.39 is 5.97 Å². The molecule has 1 rings (SSSR count). The number of thiocarbonyl (C=S) groups is 1. The van der Waals surface area contributed by atoms with Crippen LogP contribution in [-0.4, -0.2) is 22.6 Å². The summed E-state index contributed by atoms with van der Waals surface area (Å²) in [4.78, 5) is 11.6. The van der Waals surface area contributed by atoms with Crippen molar-refractivity contribution in [1.29, 1.82) is 0 Å². The molecule has 0 aliphatic carbocycles. The quantitative estimate of drug-likeness (QED) is 0.326. The molecule has 1 aromatic carbocycles. The average Bonchev–Trinajstić information content (AvgIpc) is 2.48. The number of rotatable bonds is 10. The molecule has 0 bridgehead atoms. The van der Waals surface area contributed by atoms with Gasteiger partial charge in [0.15, 0.2) is 0 Å². The molecule has 0 unspecified atom stereocenters. The Morgan fingerprint density at radius 3 is 2.59 bits per heavy atom. The lowest BCUT2D eigenvalue weighted by atomic mass is 10.0. The fraction of sp³-hybridized carbons (Fsp3) is 0.529. The summed E-state index contributed by atoms with van der Waals surface area (Å²) in [5.74, 6) is -0.958. The third-order valence-electron chi connectivity index (χ3n) is 3.59. The van der Waals surface area contributed by atoms with Gasteiger partial charge in [-0.25, -0.2) is 0 Å². The Morgan fingerprint density at radius 1 is 1.27 bits per heavy atom. The van der Waals surface area contributed by atoms with Crippen LogP contribution in [0.4, 0.5) is 0 Å². The van der Waals surface area contributed by atoms with Gasteiger partial charge in [0.2, 0.25) is 0 Å². The minimum atomic E-state index is -0.709. The van der Waals surface area contributed by atoms with Gasteiger partial charge in [-0.15, -0.1) is 0 Å². The predicted molar refractivity (Wildman–Crippen MR) is 103 cm³/mol. The molecule has 122 valence electrons. The van der Waals surface area contributed by atoms with E-state index in [0.717, 1.165) is 50.1 Å². The lowest BCUT2D eigenvalue weighted by molar-refractivity contribution is -0.141. The van der Waals surface area contributed by atoms with Crippen LogP contribution in [0.3, 0.4) is 0 Å². The second kappa shape index (κ2) is 10.9. The zero-order valence-electron chi connectivity index (χ0n) is 13.0. The number of benzene rings is 1. The highest BCUT2D eigenvalue weighted by molar-refractivity contribution is 14.1. The third-order valence-corrected chi connectivity index (χ3v) is 4.66. The highest BCUT2D eigenvalue weighted by Gasteiger charge is 2.09. The van der Waals surface area contributed by atoms with Gasteiger partial charge < -0.3 is 10.4 Å². The van der Waals surface area contributed by atoms with E-state index in [1.807, 2.05) is 0 Å². The Kier molecular flexibility index (Phi) is 9.63. The van der Waals surface area contributed by atoms with E-state index in [1.54, 1.807) is 6.92 Å². The van der Waals surface area contributed by atoms with Crippen molar-refractivity contribution in [2.45, 2.75) is 45.4 Å². The van der Waals surface area contributed by atoms with Crippen molar-refractivity contribution >= 4 is 45.8 Å². The molecule has 1 atom stereocenters. The summed E-state index contributed by atoms with van der Waals surface area (Å²) in [7, 11) is 0. The first-order valence-electron chi connectivity index (χ1n) is 7.73. The first kappa shape index (κ1) is 19.4. The third kappa shape index (κ3) is 8.68. The van der Waals surface area contributed by atoms with E-state index >= 15 is 0 Å². The van der Waals surface area contributed by atoms with Crippen LogP contribution in [0.15, 0.2) is 24.3 Å². The molecule has 0 saturated heterocycles. The summed E-state index contributed by atoms with van der Waals surface area (Å²) in [6.45, 7) is 2.60. The van der Waals surface area contributed by atoms with Crippen molar-refractivity contribution in [1.82, 2.24) is 5.32 Å². The highest BCUT2D eigenvalue weighted by Crippen LogP contribution is 2.10.